The Morgan fingerprint density at radius 3 is 2.71 bits per heavy atom. The van der Waals surface area contributed by atoms with Crippen molar-refractivity contribution in [1.82, 2.24) is 0 Å². The first kappa shape index (κ1) is 17.0. The summed E-state index contributed by atoms with van der Waals surface area (Å²) in [7, 11) is 1.35. The lowest BCUT2D eigenvalue weighted by Gasteiger charge is -2.09. The topological polar surface area (TPSA) is 48.7 Å². The maximum absolute atomic E-state index is 12.0. The molecule has 1 aromatic heterocycles. The van der Waals surface area contributed by atoms with Crippen LogP contribution >= 0.6 is 31.9 Å². The summed E-state index contributed by atoms with van der Waals surface area (Å²) in [5, 5.41) is 0.673. The van der Waals surface area contributed by atoms with Crippen LogP contribution < -0.4 is 4.74 Å². The fourth-order valence-corrected chi connectivity index (χ4v) is 3.36. The number of ether oxygens (including phenoxy) is 2. The van der Waals surface area contributed by atoms with Crippen LogP contribution in [0.3, 0.4) is 0 Å². The number of esters is 1. The van der Waals surface area contributed by atoms with Crippen molar-refractivity contribution in [3.05, 3.63) is 62.2 Å². The van der Waals surface area contributed by atoms with Crippen LogP contribution in [0.15, 0.2) is 49.8 Å². The summed E-state index contributed by atoms with van der Waals surface area (Å²) >= 11 is 6.93. The molecule has 0 aliphatic heterocycles. The zero-order valence-corrected chi connectivity index (χ0v) is 16.2. The molecule has 0 radical (unpaired) electrons. The van der Waals surface area contributed by atoms with Crippen molar-refractivity contribution in [2.24, 2.45) is 0 Å². The van der Waals surface area contributed by atoms with Crippen molar-refractivity contribution in [1.29, 1.82) is 0 Å². The van der Waals surface area contributed by atoms with Gasteiger partial charge in [0.25, 0.3) is 0 Å². The van der Waals surface area contributed by atoms with E-state index in [4.69, 9.17) is 13.9 Å². The van der Waals surface area contributed by atoms with Crippen LogP contribution in [0.1, 0.15) is 21.7 Å². The highest BCUT2D eigenvalue weighted by Gasteiger charge is 2.20. The summed E-state index contributed by atoms with van der Waals surface area (Å²) < 4.78 is 18.1. The molecule has 0 fully saturated rings. The Morgan fingerprint density at radius 1 is 1.21 bits per heavy atom. The van der Waals surface area contributed by atoms with E-state index in [1.54, 1.807) is 19.1 Å². The van der Waals surface area contributed by atoms with Crippen LogP contribution in [0.25, 0.3) is 11.0 Å². The Hall–Kier alpha value is -1.79. The summed E-state index contributed by atoms with van der Waals surface area (Å²) in [6.45, 7) is 2.15. The van der Waals surface area contributed by atoms with Crippen molar-refractivity contribution in [2.45, 2.75) is 13.5 Å². The molecule has 3 rings (SSSR count). The molecule has 4 nitrogen and oxygen atoms in total. The molecule has 0 saturated carbocycles. The van der Waals surface area contributed by atoms with E-state index in [9.17, 15) is 4.79 Å². The van der Waals surface area contributed by atoms with Crippen molar-refractivity contribution < 1.29 is 18.7 Å². The van der Waals surface area contributed by atoms with Gasteiger partial charge < -0.3 is 13.9 Å². The van der Waals surface area contributed by atoms with Crippen LogP contribution in [0.5, 0.6) is 5.75 Å². The molecule has 1 heterocycles. The standard InChI is InChI=1S/C18H14Br2O4/c1-10-17(18(21)22-2)13-7-16(14(20)8-15(13)24-10)23-9-11-4-3-5-12(19)6-11/h3-8H,9H2,1-2H3. The molecular formula is C18H14Br2O4. The van der Waals surface area contributed by atoms with E-state index in [0.717, 1.165) is 14.5 Å². The molecule has 0 aliphatic rings. The van der Waals surface area contributed by atoms with Gasteiger partial charge in [-0.05, 0) is 52.7 Å². The number of halogens is 2. The first-order valence-corrected chi connectivity index (χ1v) is 8.76. The molecule has 6 heteroatoms. The molecule has 0 amide bonds. The number of methoxy groups -OCH3 is 1. The largest absolute Gasteiger partial charge is 0.488 e. The molecule has 0 aliphatic carbocycles. The third-order valence-electron chi connectivity index (χ3n) is 3.59. The molecule has 124 valence electrons. The third kappa shape index (κ3) is 3.35. The number of carbonyl (C=O) groups excluding carboxylic acids is 1. The number of carbonyl (C=O) groups is 1. The Balaban J connectivity index is 1.96. The zero-order chi connectivity index (χ0) is 17.3. The number of fused-ring (bicyclic) bond motifs is 1. The van der Waals surface area contributed by atoms with Gasteiger partial charge in [-0.25, -0.2) is 4.79 Å². The van der Waals surface area contributed by atoms with Crippen LogP contribution in [0.2, 0.25) is 0 Å². The Morgan fingerprint density at radius 2 is 2.00 bits per heavy atom. The fraction of sp³-hybridized carbons (Fsp3) is 0.167. The van der Waals surface area contributed by atoms with E-state index in [0.29, 0.717) is 34.6 Å². The van der Waals surface area contributed by atoms with Gasteiger partial charge in [-0.2, -0.15) is 0 Å². The van der Waals surface area contributed by atoms with Gasteiger partial charge in [0.15, 0.2) is 0 Å². The van der Waals surface area contributed by atoms with Gasteiger partial charge in [0.05, 0.1) is 11.6 Å². The van der Waals surface area contributed by atoms with Gasteiger partial charge >= 0.3 is 5.97 Å². The van der Waals surface area contributed by atoms with Crippen molar-refractivity contribution in [3.63, 3.8) is 0 Å². The summed E-state index contributed by atoms with van der Waals surface area (Å²) in [5.41, 5.74) is 2.06. The van der Waals surface area contributed by atoms with Crippen molar-refractivity contribution >= 4 is 48.8 Å². The lowest BCUT2D eigenvalue weighted by molar-refractivity contribution is 0.0601. The second-order valence-electron chi connectivity index (χ2n) is 5.22. The monoisotopic (exact) mass is 452 g/mol. The van der Waals surface area contributed by atoms with Gasteiger partial charge in [0, 0.05) is 9.86 Å². The number of hydrogen-bond donors (Lipinski definition) is 0. The summed E-state index contributed by atoms with van der Waals surface area (Å²) in [4.78, 5) is 12.0. The molecular weight excluding hydrogens is 440 g/mol. The van der Waals surface area contributed by atoms with Gasteiger partial charge in [0.2, 0.25) is 0 Å². The van der Waals surface area contributed by atoms with Crippen molar-refractivity contribution in [3.8, 4) is 5.75 Å². The number of furan rings is 1. The molecule has 0 unspecified atom stereocenters. The quantitative estimate of drug-likeness (QED) is 0.480. The average molecular weight is 454 g/mol. The maximum Gasteiger partial charge on any atom is 0.342 e. The number of hydrogen-bond acceptors (Lipinski definition) is 4. The molecule has 3 aromatic rings. The second kappa shape index (κ2) is 6.99. The number of rotatable bonds is 4. The number of benzene rings is 2. The van der Waals surface area contributed by atoms with Gasteiger partial charge in [-0.1, -0.05) is 28.1 Å². The van der Waals surface area contributed by atoms with Crippen LogP contribution in [-0.4, -0.2) is 13.1 Å². The fourth-order valence-electron chi connectivity index (χ4n) is 2.47. The highest BCUT2D eigenvalue weighted by Crippen LogP contribution is 2.35. The predicted molar refractivity (Wildman–Crippen MR) is 98.5 cm³/mol. The van der Waals surface area contributed by atoms with E-state index >= 15 is 0 Å². The third-order valence-corrected chi connectivity index (χ3v) is 4.70. The second-order valence-corrected chi connectivity index (χ2v) is 6.99. The lowest BCUT2D eigenvalue weighted by atomic mass is 10.1. The molecule has 0 spiro atoms. The molecule has 0 atom stereocenters. The van der Waals surface area contributed by atoms with Gasteiger partial charge in [-0.3, -0.25) is 0 Å². The van der Waals surface area contributed by atoms with Crippen LogP contribution in [0, 0.1) is 6.92 Å². The first-order valence-electron chi connectivity index (χ1n) is 7.18. The molecule has 0 N–H and O–H groups in total. The molecule has 24 heavy (non-hydrogen) atoms. The van der Waals surface area contributed by atoms with E-state index in [-0.39, 0.29) is 0 Å². The normalized spacial score (nSPS) is 10.8. The first-order chi connectivity index (χ1) is 11.5. The van der Waals surface area contributed by atoms with Crippen molar-refractivity contribution in [2.75, 3.05) is 7.11 Å². The smallest absolute Gasteiger partial charge is 0.342 e. The highest BCUT2D eigenvalue weighted by atomic mass is 79.9. The summed E-state index contributed by atoms with van der Waals surface area (Å²) in [6, 6.07) is 11.5. The van der Waals surface area contributed by atoms with E-state index in [2.05, 4.69) is 31.9 Å². The minimum atomic E-state index is -0.425. The zero-order valence-electron chi connectivity index (χ0n) is 13.1. The SMILES string of the molecule is COC(=O)c1c(C)oc2cc(Br)c(OCc3cccc(Br)c3)cc12. The van der Waals surface area contributed by atoms with Gasteiger partial charge in [0.1, 0.15) is 29.3 Å². The summed E-state index contributed by atoms with van der Waals surface area (Å²) in [5.74, 6) is 0.729. The Kier molecular flexibility index (Phi) is 4.96. The minimum Gasteiger partial charge on any atom is -0.488 e. The number of aryl methyl sites for hydroxylation is 1. The molecule has 0 saturated heterocycles. The van der Waals surface area contributed by atoms with E-state index in [1.165, 1.54) is 7.11 Å². The van der Waals surface area contributed by atoms with Gasteiger partial charge in [-0.15, -0.1) is 0 Å². The average Bonchev–Trinajstić information content (AvgIpc) is 2.86. The molecule has 2 aromatic carbocycles. The Labute approximate surface area is 156 Å². The van der Waals surface area contributed by atoms with Crippen LogP contribution in [0.4, 0.5) is 0 Å². The Bertz CT molecular complexity index is 915. The predicted octanol–water partition coefficient (Wildman–Crippen LogP) is 5.63. The lowest BCUT2D eigenvalue weighted by Crippen LogP contribution is -2.02. The maximum atomic E-state index is 12.0. The van der Waals surface area contributed by atoms with Crippen LogP contribution in [-0.2, 0) is 11.3 Å². The highest BCUT2D eigenvalue weighted by molar-refractivity contribution is 9.10. The van der Waals surface area contributed by atoms with E-state index in [1.807, 2.05) is 24.3 Å². The minimum absolute atomic E-state index is 0.411. The van der Waals surface area contributed by atoms with E-state index < -0.39 is 5.97 Å². The summed E-state index contributed by atoms with van der Waals surface area (Å²) in [6.07, 6.45) is 0. The molecule has 0 bridgehead atoms.